The monoisotopic (exact) mass is 349 g/mol. The number of sulfone groups is 1. The average molecular weight is 349 g/mol. The molecular formula is C15H15N3O3S2. The molecule has 1 aromatic carbocycles. The fourth-order valence-corrected chi connectivity index (χ4v) is 3.37. The van der Waals surface area contributed by atoms with Crippen LogP contribution in [0.5, 0.6) is 0 Å². The SMILES string of the molecule is Cc1cc(-c2ccc(S(C)(=O)=O)cc2)n2nc(S(C)=O)ncc12. The predicted octanol–water partition coefficient (Wildman–Crippen LogP) is 1.85. The molecule has 1 atom stereocenters. The first kappa shape index (κ1) is 15.8. The minimum atomic E-state index is -3.23. The van der Waals surface area contributed by atoms with E-state index in [2.05, 4.69) is 10.1 Å². The molecule has 3 aromatic rings. The summed E-state index contributed by atoms with van der Waals surface area (Å²) >= 11 is 0. The number of nitrogens with zero attached hydrogens (tertiary/aromatic N) is 3. The summed E-state index contributed by atoms with van der Waals surface area (Å²) < 4.78 is 36.4. The van der Waals surface area contributed by atoms with E-state index in [1.165, 1.54) is 12.5 Å². The molecule has 1 unspecified atom stereocenters. The molecule has 0 saturated heterocycles. The van der Waals surface area contributed by atoms with Gasteiger partial charge in [-0.05, 0) is 30.7 Å². The van der Waals surface area contributed by atoms with Crippen LogP contribution in [0, 0.1) is 6.92 Å². The first-order chi connectivity index (χ1) is 10.8. The van der Waals surface area contributed by atoms with E-state index in [0.29, 0.717) is 0 Å². The van der Waals surface area contributed by atoms with Gasteiger partial charge in [0.15, 0.2) is 9.84 Å². The number of rotatable bonds is 3. The minimum Gasteiger partial charge on any atom is -0.251 e. The van der Waals surface area contributed by atoms with Crippen LogP contribution < -0.4 is 0 Å². The Labute approximate surface area is 136 Å². The molecule has 0 amide bonds. The van der Waals surface area contributed by atoms with Gasteiger partial charge in [0.05, 0.1) is 33.1 Å². The second-order valence-electron chi connectivity index (χ2n) is 5.30. The Morgan fingerprint density at radius 2 is 1.83 bits per heavy atom. The van der Waals surface area contributed by atoms with Crippen LogP contribution in [0.1, 0.15) is 5.56 Å². The minimum absolute atomic E-state index is 0.252. The molecular weight excluding hydrogens is 334 g/mol. The molecule has 2 aromatic heterocycles. The Bertz CT molecular complexity index is 1020. The first-order valence-electron chi connectivity index (χ1n) is 6.76. The number of hydrogen-bond acceptors (Lipinski definition) is 5. The lowest BCUT2D eigenvalue weighted by Gasteiger charge is -2.04. The van der Waals surface area contributed by atoms with Gasteiger partial charge in [-0.2, -0.15) is 0 Å². The summed E-state index contributed by atoms with van der Waals surface area (Å²) in [5.74, 6) is 0. The zero-order valence-electron chi connectivity index (χ0n) is 12.8. The lowest BCUT2D eigenvalue weighted by Crippen LogP contribution is -2.03. The van der Waals surface area contributed by atoms with Gasteiger partial charge in [0.2, 0.25) is 5.16 Å². The first-order valence-corrected chi connectivity index (χ1v) is 10.2. The lowest BCUT2D eigenvalue weighted by atomic mass is 10.1. The molecule has 0 aliphatic heterocycles. The molecule has 6 nitrogen and oxygen atoms in total. The maximum absolute atomic E-state index is 11.6. The van der Waals surface area contributed by atoms with Gasteiger partial charge in [0, 0.05) is 18.1 Å². The van der Waals surface area contributed by atoms with Crippen molar-refractivity contribution in [2.24, 2.45) is 0 Å². The van der Waals surface area contributed by atoms with Crippen LogP contribution in [-0.2, 0) is 20.6 Å². The molecule has 120 valence electrons. The van der Waals surface area contributed by atoms with Gasteiger partial charge in [-0.3, -0.25) is 4.21 Å². The van der Waals surface area contributed by atoms with Crippen LogP contribution in [0.15, 0.2) is 46.6 Å². The van der Waals surface area contributed by atoms with E-state index in [-0.39, 0.29) is 10.1 Å². The van der Waals surface area contributed by atoms with Crippen LogP contribution in [0.25, 0.3) is 16.8 Å². The van der Waals surface area contributed by atoms with Gasteiger partial charge in [-0.1, -0.05) is 12.1 Å². The largest absolute Gasteiger partial charge is 0.251 e. The third-order valence-corrected chi connectivity index (χ3v) is 5.36. The number of fused-ring (bicyclic) bond motifs is 1. The van der Waals surface area contributed by atoms with E-state index in [0.717, 1.165) is 22.3 Å². The predicted molar refractivity (Wildman–Crippen MR) is 88.6 cm³/mol. The highest BCUT2D eigenvalue weighted by molar-refractivity contribution is 7.90. The number of aryl methyl sites for hydroxylation is 1. The number of hydrogen-bond donors (Lipinski definition) is 0. The van der Waals surface area contributed by atoms with Gasteiger partial charge in [-0.15, -0.1) is 5.10 Å². The molecule has 0 N–H and O–H groups in total. The lowest BCUT2D eigenvalue weighted by molar-refractivity contribution is 0.602. The summed E-state index contributed by atoms with van der Waals surface area (Å²) in [7, 11) is -4.51. The van der Waals surface area contributed by atoms with E-state index in [9.17, 15) is 12.6 Å². The van der Waals surface area contributed by atoms with Crippen molar-refractivity contribution < 1.29 is 12.6 Å². The molecule has 0 radical (unpaired) electrons. The highest BCUT2D eigenvalue weighted by Gasteiger charge is 2.13. The number of aromatic nitrogens is 3. The van der Waals surface area contributed by atoms with Crippen molar-refractivity contribution in [2.75, 3.05) is 12.5 Å². The van der Waals surface area contributed by atoms with E-state index in [4.69, 9.17) is 0 Å². The van der Waals surface area contributed by atoms with Crippen LogP contribution >= 0.6 is 0 Å². The Balaban J connectivity index is 2.19. The van der Waals surface area contributed by atoms with E-state index < -0.39 is 20.6 Å². The van der Waals surface area contributed by atoms with E-state index in [1.54, 1.807) is 35.0 Å². The summed E-state index contributed by atoms with van der Waals surface area (Å²) in [6.45, 7) is 1.94. The van der Waals surface area contributed by atoms with Gasteiger partial charge >= 0.3 is 0 Å². The van der Waals surface area contributed by atoms with Crippen molar-refractivity contribution in [3.63, 3.8) is 0 Å². The third-order valence-electron chi connectivity index (χ3n) is 3.53. The van der Waals surface area contributed by atoms with Crippen molar-refractivity contribution in [3.8, 4) is 11.3 Å². The highest BCUT2D eigenvalue weighted by atomic mass is 32.2. The molecule has 0 aliphatic rings. The summed E-state index contributed by atoms with van der Waals surface area (Å²) in [6.07, 6.45) is 4.35. The standard InChI is InChI=1S/C15H15N3O3S2/c1-10-8-13(11-4-6-12(7-5-11)23(3,20)21)18-14(10)9-16-15(17-18)22(2)19/h4-9H,1-3H3. The molecule has 0 aliphatic carbocycles. The van der Waals surface area contributed by atoms with Gasteiger partial charge in [0.25, 0.3) is 0 Å². The normalized spacial score (nSPS) is 13.3. The molecule has 0 saturated carbocycles. The fraction of sp³-hybridized carbons (Fsp3) is 0.200. The number of benzene rings is 1. The van der Waals surface area contributed by atoms with Gasteiger partial charge in [0.1, 0.15) is 0 Å². The zero-order chi connectivity index (χ0) is 16.8. The maximum atomic E-state index is 11.6. The molecule has 2 heterocycles. The van der Waals surface area contributed by atoms with Crippen molar-refractivity contribution in [1.29, 1.82) is 0 Å². The van der Waals surface area contributed by atoms with E-state index in [1.807, 2.05) is 13.0 Å². The summed E-state index contributed by atoms with van der Waals surface area (Å²) in [4.78, 5) is 4.38. The summed E-state index contributed by atoms with van der Waals surface area (Å²) in [5.41, 5.74) is 3.43. The van der Waals surface area contributed by atoms with Crippen molar-refractivity contribution in [1.82, 2.24) is 14.6 Å². The fourth-order valence-electron chi connectivity index (χ4n) is 2.34. The van der Waals surface area contributed by atoms with E-state index >= 15 is 0 Å². The van der Waals surface area contributed by atoms with Crippen LogP contribution in [0.2, 0.25) is 0 Å². The van der Waals surface area contributed by atoms with Gasteiger partial charge in [-0.25, -0.2) is 17.9 Å². The Kier molecular flexibility index (Phi) is 3.81. The molecule has 0 fully saturated rings. The molecule has 8 heteroatoms. The van der Waals surface area contributed by atoms with Crippen LogP contribution in [0.4, 0.5) is 0 Å². The Morgan fingerprint density at radius 1 is 1.17 bits per heavy atom. The average Bonchev–Trinajstić information content (AvgIpc) is 2.83. The second kappa shape index (κ2) is 5.54. The van der Waals surface area contributed by atoms with Gasteiger partial charge < -0.3 is 0 Å². The Morgan fingerprint density at radius 3 is 2.39 bits per heavy atom. The topological polar surface area (TPSA) is 81.4 Å². The quantitative estimate of drug-likeness (QED) is 0.721. The maximum Gasteiger partial charge on any atom is 0.237 e. The highest BCUT2D eigenvalue weighted by Crippen LogP contribution is 2.26. The van der Waals surface area contributed by atoms with Crippen LogP contribution in [0.3, 0.4) is 0 Å². The van der Waals surface area contributed by atoms with Crippen molar-refractivity contribution in [2.45, 2.75) is 17.0 Å². The second-order valence-corrected chi connectivity index (χ2v) is 8.59. The molecule has 3 rings (SSSR count). The molecule has 23 heavy (non-hydrogen) atoms. The third kappa shape index (κ3) is 2.91. The Hall–Kier alpha value is -2.06. The van der Waals surface area contributed by atoms with Crippen molar-refractivity contribution >= 4 is 26.2 Å². The zero-order valence-corrected chi connectivity index (χ0v) is 14.5. The summed E-state index contributed by atoms with van der Waals surface area (Å²) in [6, 6.07) is 8.56. The molecule has 0 spiro atoms. The smallest absolute Gasteiger partial charge is 0.237 e. The van der Waals surface area contributed by atoms with Crippen LogP contribution in [-0.4, -0.2) is 39.7 Å². The summed E-state index contributed by atoms with van der Waals surface area (Å²) in [5, 5.41) is 4.58. The van der Waals surface area contributed by atoms with Crippen molar-refractivity contribution in [3.05, 3.63) is 42.1 Å². The molecule has 0 bridgehead atoms.